The maximum Gasteiger partial charge on any atom is 0.255 e. The highest BCUT2D eigenvalue weighted by atomic mass is 16.5. The van der Waals surface area contributed by atoms with Crippen LogP contribution in [-0.4, -0.2) is 25.0 Å². The summed E-state index contributed by atoms with van der Waals surface area (Å²) in [4.78, 5) is 16.1. The van der Waals surface area contributed by atoms with E-state index in [4.69, 9.17) is 4.74 Å². The van der Waals surface area contributed by atoms with Gasteiger partial charge in [0.15, 0.2) is 0 Å². The molecule has 0 fully saturated rings. The molecule has 2 N–H and O–H groups in total. The van der Waals surface area contributed by atoms with Gasteiger partial charge in [-0.1, -0.05) is 18.2 Å². The third kappa shape index (κ3) is 3.06. The fraction of sp³-hybridized carbons (Fsp3) is 0.200. The lowest BCUT2D eigenvalue weighted by Gasteiger charge is -2.11. The summed E-state index contributed by atoms with van der Waals surface area (Å²) in [5.74, 6) is 0.584. The number of rotatable bonds is 5. The van der Waals surface area contributed by atoms with E-state index in [1.165, 1.54) is 0 Å². The monoisotopic (exact) mass is 271 g/mol. The standard InChI is InChI=1S/C15H17N3O2/c1-16-13-7-8-17-10-12(13)15(19)18-9-11-5-3-4-6-14(11)20-2/h3-8,10H,9H2,1-2H3,(H,16,17)(H,18,19). The number of methoxy groups -OCH3 is 1. The van der Waals surface area contributed by atoms with Gasteiger partial charge >= 0.3 is 0 Å². The molecule has 5 nitrogen and oxygen atoms in total. The molecule has 0 bridgehead atoms. The van der Waals surface area contributed by atoms with Gasteiger partial charge < -0.3 is 15.4 Å². The molecule has 1 aromatic carbocycles. The number of anilines is 1. The van der Waals surface area contributed by atoms with Gasteiger partial charge in [0, 0.05) is 37.2 Å². The van der Waals surface area contributed by atoms with Crippen LogP contribution in [0.1, 0.15) is 15.9 Å². The molecule has 1 amide bonds. The molecule has 0 aliphatic rings. The van der Waals surface area contributed by atoms with Gasteiger partial charge in [0.05, 0.1) is 12.7 Å². The van der Waals surface area contributed by atoms with Crippen LogP contribution >= 0.6 is 0 Å². The highest BCUT2D eigenvalue weighted by Crippen LogP contribution is 2.17. The first-order valence-corrected chi connectivity index (χ1v) is 6.28. The summed E-state index contributed by atoms with van der Waals surface area (Å²) in [5, 5.41) is 5.84. The van der Waals surface area contributed by atoms with Gasteiger partial charge in [0.1, 0.15) is 5.75 Å². The molecule has 0 saturated heterocycles. The highest BCUT2D eigenvalue weighted by Gasteiger charge is 2.11. The Bertz CT molecular complexity index is 599. The number of carbonyl (C=O) groups is 1. The van der Waals surface area contributed by atoms with Gasteiger partial charge in [-0.25, -0.2) is 0 Å². The Kier molecular flexibility index (Phi) is 4.55. The van der Waals surface area contributed by atoms with Gasteiger partial charge in [-0.05, 0) is 12.1 Å². The van der Waals surface area contributed by atoms with E-state index in [1.54, 1.807) is 32.6 Å². The average Bonchev–Trinajstić information content (AvgIpc) is 2.52. The Morgan fingerprint density at radius 2 is 2.10 bits per heavy atom. The molecule has 0 radical (unpaired) electrons. The van der Waals surface area contributed by atoms with E-state index >= 15 is 0 Å². The Hall–Kier alpha value is -2.56. The molecule has 20 heavy (non-hydrogen) atoms. The first kappa shape index (κ1) is 13.9. The summed E-state index contributed by atoms with van der Waals surface area (Å²) in [6.07, 6.45) is 3.19. The van der Waals surface area contributed by atoms with Crippen molar-refractivity contribution in [1.82, 2.24) is 10.3 Å². The first-order chi connectivity index (χ1) is 9.76. The highest BCUT2D eigenvalue weighted by molar-refractivity contribution is 5.99. The van der Waals surface area contributed by atoms with E-state index in [-0.39, 0.29) is 5.91 Å². The molecule has 0 aliphatic heterocycles. The van der Waals surface area contributed by atoms with Crippen LogP contribution in [0.4, 0.5) is 5.69 Å². The van der Waals surface area contributed by atoms with E-state index in [1.807, 2.05) is 24.3 Å². The molecule has 0 atom stereocenters. The Labute approximate surface area is 118 Å². The lowest BCUT2D eigenvalue weighted by molar-refractivity contribution is 0.0951. The second kappa shape index (κ2) is 6.56. The second-order valence-corrected chi connectivity index (χ2v) is 4.17. The normalized spacial score (nSPS) is 9.90. The Morgan fingerprint density at radius 1 is 1.30 bits per heavy atom. The van der Waals surface area contributed by atoms with E-state index in [0.717, 1.165) is 17.0 Å². The number of aromatic nitrogens is 1. The number of hydrogen-bond acceptors (Lipinski definition) is 4. The smallest absolute Gasteiger partial charge is 0.255 e. The van der Waals surface area contributed by atoms with Gasteiger partial charge in [-0.2, -0.15) is 0 Å². The SMILES string of the molecule is CNc1ccncc1C(=O)NCc1ccccc1OC. The van der Waals surface area contributed by atoms with E-state index in [2.05, 4.69) is 15.6 Å². The second-order valence-electron chi connectivity index (χ2n) is 4.17. The zero-order valence-corrected chi connectivity index (χ0v) is 11.5. The van der Waals surface area contributed by atoms with Gasteiger partial charge in [-0.15, -0.1) is 0 Å². The molecule has 0 spiro atoms. The molecule has 0 aliphatic carbocycles. The van der Waals surface area contributed by atoms with Crippen molar-refractivity contribution < 1.29 is 9.53 Å². The minimum atomic E-state index is -0.173. The van der Waals surface area contributed by atoms with Crippen molar-refractivity contribution >= 4 is 11.6 Å². The van der Waals surface area contributed by atoms with Crippen LogP contribution in [0.15, 0.2) is 42.7 Å². The van der Waals surface area contributed by atoms with Gasteiger partial charge in [0.25, 0.3) is 5.91 Å². The van der Waals surface area contributed by atoms with Crippen LogP contribution in [0.3, 0.4) is 0 Å². The number of carbonyl (C=O) groups excluding carboxylic acids is 1. The third-order valence-corrected chi connectivity index (χ3v) is 2.97. The van der Waals surface area contributed by atoms with Gasteiger partial charge in [0.2, 0.25) is 0 Å². The van der Waals surface area contributed by atoms with Crippen molar-refractivity contribution in [3.63, 3.8) is 0 Å². The number of pyridine rings is 1. The molecule has 0 unspecified atom stereocenters. The predicted octanol–water partition coefficient (Wildman–Crippen LogP) is 2.06. The molecule has 2 aromatic rings. The van der Waals surface area contributed by atoms with Crippen LogP contribution in [0.5, 0.6) is 5.75 Å². The number of benzene rings is 1. The average molecular weight is 271 g/mol. The summed E-state index contributed by atoms with van der Waals surface area (Å²) in [5.41, 5.74) is 2.20. The zero-order chi connectivity index (χ0) is 14.4. The van der Waals surface area contributed by atoms with Crippen molar-refractivity contribution in [2.45, 2.75) is 6.54 Å². The Morgan fingerprint density at radius 3 is 2.85 bits per heavy atom. The maximum absolute atomic E-state index is 12.2. The molecule has 0 saturated carbocycles. The van der Waals surface area contributed by atoms with Crippen LogP contribution < -0.4 is 15.4 Å². The van der Waals surface area contributed by atoms with Crippen LogP contribution in [-0.2, 0) is 6.54 Å². The summed E-state index contributed by atoms with van der Waals surface area (Å²) in [6, 6.07) is 9.35. The summed E-state index contributed by atoms with van der Waals surface area (Å²) in [6.45, 7) is 0.404. The van der Waals surface area contributed by atoms with Gasteiger partial charge in [-0.3, -0.25) is 9.78 Å². The molecule has 2 rings (SSSR count). The molecular weight excluding hydrogens is 254 g/mol. The topological polar surface area (TPSA) is 63.2 Å². The number of nitrogens with one attached hydrogen (secondary N) is 2. The maximum atomic E-state index is 12.2. The first-order valence-electron chi connectivity index (χ1n) is 6.28. The zero-order valence-electron chi connectivity index (χ0n) is 11.5. The van der Waals surface area contributed by atoms with Crippen LogP contribution in [0.2, 0.25) is 0 Å². The largest absolute Gasteiger partial charge is 0.496 e. The minimum absolute atomic E-state index is 0.173. The Balaban J connectivity index is 2.09. The fourth-order valence-corrected chi connectivity index (χ4v) is 1.91. The van der Waals surface area contributed by atoms with E-state index in [0.29, 0.717) is 12.1 Å². The summed E-state index contributed by atoms with van der Waals surface area (Å²) < 4.78 is 5.25. The number of para-hydroxylation sites is 1. The minimum Gasteiger partial charge on any atom is -0.496 e. The van der Waals surface area contributed by atoms with Crippen LogP contribution in [0.25, 0.3) is 0 Å². The summed E-state index contributed by atoms with van der Waals surface area (Å²) in [7, 11) is 3.38. The fourth-order valence-electron chi connectivity index (χ4n) is 1.91. The lowest BCUT2D eigenvalue weighted by Crippen LogP contribution is -2.24. The van der Waals surface area contributed by atoms with E-state index < -0.39 is 0 Å². The number of ether oxygens (including phenoxy) is 1. The molecule has 104 valence electrons. The predicted molar refractivity (Wildman–Crippen MR) is 77.9 cm³/mol. The molecule has 1 heterocycles. The van der Waals surface area contributed by atoms with Crippen molar-refractivity contribution in [3.05, 3.63) is 53.9 Å². The molecule has 5 heteroatoms. The van der Waals surface area contributed by atoms with E-state index in [9.17, 15) is 4.79 Å². The number of amides is 1. The van der Waals surface area contributed by atoms with Crippen molar-refractivity contribution in [2.75, 3.05) is 19.5 Å². The molecule has 1 aromatic heterocycles. The lowest BCUT2D eigenvalue weighted by atomic mass is 10.2. The summed E-state index contributed by atoms with van der Waals surface area (Å²) >= 11 is 0. The van der Waals surface area contributed by atoms with Crippen molar-refractivity contribution in [2.24, 2.45) is 0 Å². The molecular formula is C15H17N3O2. The van der Waals surface area contributed by atoms with Crippen molar-refractivity contribution in [1.29, 1.82) is 0 Å². The number of nitrogens with zero attached hydrogens (tertiary/aromatic N) is 1. The quantitative estimate of drug-likeness (QED) is 0.873. The number of hydrogen-bond donors (Lipinski definition) is 2. The third-order valence-electron chi connectivity index (χ3n) is 2.97. The van der Waals surface area contributed by atoms with Crippen molar-refractivity contribution in [3.8, 4) is 5.75 Å². The van der Waals surface area contributed by atoms with Crippen LogP contribution in [0, 0.1) is 0 Å².